The zero-order valence-electron chi connectivity index (χ0n) is 21.4. The average molecular weight is 520 g/mol. The van der Waals surface area contributed by atoms with Crippen LogP contribution in [0.5, 0.6) is 0 Å². The molecule has 0 aliphatic carbocycles. The van der Waals surface area contributed by atoms with Crippen molar-refractivity contribution in [3.8, 4) is 0 Å². The van der Waals surface area contributed by atoms with Gasteiger partial charge in [-0.1, -0.05) is 66.7 Å². The first-order valence-corrected chi connectivity index (χ1v) is 13.0. The molecule has 1 fully saturated rings. The van der Waals surface area contributed by atoms with E-state index in [-0.39, 0.29) is 18.4 Å². The van der Waals surface area contributed by atoms with Gasteiger partial charge in [0.25, 0.3) is 0 Å². The van der Waals surface area contributed by atoms with Gasteiger partial charge in [0.1, 0.15) is 0 Å². The predicted molar refractivity (Wildman–Crippen MR) is 144 cm³/mol. The maximum Gasteiger partial charge on any atom is 0.416 e. The quantitative estimate of drug-likeness (QED) is 0.303. The molecule has 3 aromatic carbocycles. The Bertz CT molecular complexity index is 1390. The number of carbonyl (C=O) groups excluding carboxylic acids is 1. The van der Waals surface area contributed by atoms with Crippen LogP contribution in [0.4, 0.5) is 13.2 Å². The fraction of sp³-hybridized carbons (Fsp3) is 0.323. The van der Waals surface area contributed by atoms with E-state index in [4.69, 9.17) is 0 Å². The normalized spacial score (nSPS) is 16.0. The fourth-order valence-electron chi connectivity index (χ4n) is 5.54. The third kappa shape index (κ3) is 5.94. The van der Waals surface area contributed by atoms with Crippen LogP contribution in [0.2, 0.25) is 0 Å². The summed E-state index contributed by atoms with van der Waals surface area (Å²) in [6, 6.07) is 23.6. The molecule has 0 bridgehead atoms. The van der Waals surface area contributed by atoms with Gasteiger partial charge in [-0.2, -0.15) is 13.2 Å². The summed E-state index contributed by atoms with van der Waals surface area (Å²) in [5.74, 6) is -0.636. The molecule has 38 heavy (non-hydrogen) atoms. The minimum atomic E-state index is -4.45. The molecule has 5 rings (SSSR count). The second kappa shape index (κ2) is 11.0. The molecule has 0 radical (unpaired) electrons. The number of halogens is 3. The lowest BCUT2D eigenvalue weighted by molar-refractivity contribution is -0.137. The van der Waals surface area contributed by atoms with Crippen LogP contribution in [-0.2, 0) is 24.6 Å². The minimum absolute atomic E-state index is 0.0594. The topological polar surface area (TPSA) is 37.3 Å². The third-order valence-corrected chi connectivity index (χ3v) is 7.51. The Hall–Kier alpha value is -3.58. The molecule has 198 valence electrons. The van der Waals surface area contributed by atoms with Gasteiger partial charge in [-0.25, -0.2) is 0 Å². The maximum absolute atomic E-state index is 13.5. The predicted octanol–water partition coefficient (Wildman–Crippen LogP) is 6.50. The zero-order valence-corrected chi connectivity index (χ0v) is 21.4. The van der Waals surface area contributed by atoms with Crippen LogP contribution in [0.3, 0.4) is 0 Å². The van der Waals surface area contributed by atoms with Gasteiger partial charge >= 0.3 is 6.18 Å². The lowest BCUT2D eigenvalue weighted by Gasteiger charge is -2.32. The molecular formula is C31H32F3N3O. The second-order valence-electron chi connectivity index (χ2n) is 10.2. The van der Waals surface area contributed by atoms with Gasteiger partial charge in [0.2, 0.25) is 5.91 Å². The van der Waals surface area contributed by atoms with Crippen LogP contribution in [0.15, 0.2) is 85.1 Å². The fourth-order valence-corrected chi connectivity index (χ4v) is 5.54. The standard InChI is InChI=1S/C31H32F3N3O/c1-36-21-28(26-12-5-6-13-29(26)36)27(23-10-7-11-24(18-23)31(32,33)34)19-30(38)35-25-14-16-37(17-15-25)20-22-8-3-2-4-9-22/h2-13,18,21,25,27H,14-17,19-20H2,1H3,(H,35,38). The van der Waals surface area contributed by atoms with Crippen molar-refractivity contribution in [2.75, 3.05) is 13.1 Å². The molecule has 1 unspecified atom stereocenters. The molecule has 1 saturated heterocycles. The van der Waals surface area contributed by atoms with E-state index in [9.17, 15) is 18.0 Å². The highest BCUT2D eigenvalue weighted by molar-refractivity contribution is 5.86. The number of carbonyl (C=O) groups is 1. The summed E-state index contributed by atoms with van der Waals surface area (Å²) in [4.78, 5) is 15.7. The minimum Gasteiger partial charge on any atom is -0.353 e. The lowest BCUT2D eigenvalue weighted by Crippen LogP contribution is -2.44. The van der Waals surface area contributed by atoms with Crippen molar-refractivity contribution in [1.29, 1.82) is 0 Å². The number of aromatic nitrogens is 1. The summed E-state index contributed by atoms with van der Waals surface area (Å²) in [7, 11) is 1.92. The first-order valence-electron chi connectivity index (χ1n) is 13.0. The van der Waals surface area contributed by atoms with Crippen LogP contribution in [0.1, 0.15) is 47.4 Å². The Kier molecular flexibility index (Phi) is 7.56. The van der Waals surface area contributed by atoms with Crippen molar-refractivity contribution in [2.24, 2.45) is 7.05 Å². The number of hydrogen-bond acceptors (Lipinski definition) is 2. The number of para-hydroxylation sites is 1. The molecule has 1 aliphatic rings. The largest absolute Gasteiger partial charge is 0.416 e. The average Bonchev–Trinajstić information content (AvgIpc) is 3.25. The molecule has 2 heterocycles. The van der Waals surface area contributed by atoms with Crippen LogP contribution >= 0.6 is 0 Å². The number of rotatable bonds is 7. The van der Waals surface area contributed by atoms with Gasteiger partial charge < -0.3 is 9.88 Å². The van der Waals surface area contributed by atoms with E-state index >= 15 is 0 Å². The molecule has 1 aromatic heterocycles. The number of benzene rings is 3. The number of piperidine rings is 1. The number of aryl methyl sites for hydroxylation is 1. The van der Waals surface area contributed by atoms with E-state index in [2.05, 4.69) is 22.3 Å². The van der Waals surface area contributed by atoms with E-state index in [0.717, 1.165) is 55.0 Å². The van der Waals surface area contributed by atoms with Gasteiger partial charge in [0, 0.05) is 62.2 Å². The highest BCUT2D eigenvalue weighted by Crippen LogP contribution is 2.37. The number of nitrogens with zero attached hydrogens (tertiary/aromatic N) is 2. The van der Waals surface area contributed by atoms with Gasteiger partial charge in [-0.3, -0.25) is 9.69 Å². The molecule has 1 amide bonds. The van der Waals surface area contributed by atoms with Gasteiger partial charge in [0.15, 0.2) is 0 Å². The Labute approximate surface area is 221 Å². The first kappa shape index (κ1) is 26.0. The van der Waals surface area contributed by atoms with E-state index in [1.807, 2.05) is 60.3 Å². The van der Waals surface area contributed by atoms with Crippen molar-refractivity contribution in [1.82, 2.24) is 14.8 Å². The van der Waals surface area contributed by atoms with Crippen molar-refractivity contribution in [2.45, 2.75) is 43.9 Å². The molecule has 7 heteroatoms. The molecule has 4 aromatic rings. The second-order valence-corrected chi connectivity index (χ2v) is 10.2. The Balaban J connectivity index is 1.32. The molecule has 1 N–H and O–H groups in total. The lowest BCUT2D eigenvalue weighted by atomic mass is 9.87. The van der Waals surface area contributed by atoms with Crippen molar-refractivity contribution in [3.63, 3.8) is 0 Å². The van der Waals surface area contributed by atoms with Crippen LogP contribution < -0.4 is 5.32 Å². The summed E-state index contributed by atoms with van der Waals surface area (Å²) >= 11 is 0. The molecule has 4 nitrogen and oxygen atoms in total. The SMILES string of the molecule is Cn1cc(C(CC(=O)NC2CCN(Cc3ccccc3)CC2)c2cccc(C(F)(F)F)c2)c2ccccc21. The smallest absolute Gasteiger partial charge is 0.353 e. The molecule has 1 atom stereocenters. The summed E-state index contributed by atoms with van der Waals surface area (Å²) in [5.41, 5.74) is 2.89. The Morgan fingerprint density at radius 2 is 1.68 bits per heavy atom. The number of amides is 1. The highest BCUT2D eigenvalue weighted by Gasteiger charge is 2.32. The third-order valence-electron chi connectivity index (χ3n) is 7.51. The van der Waals surface area contributed by atoms with Crippen molar-refractivity contribution >= 4 is 16.8 Å². The highest BCUT2D eigenvalue weighted by atomic mass is 19.4. The maximum atomic E-state index is 13.5. The van der Waals surface area contributed by atoms with E-state index in [0.29, 0.717) is 5.56 Å². The summed E-state index contributed by atoms with van der Waals surface area (Å²) in [6.45, 7) is 2.67. The Morgan fingerprint density at radius 3 is 2.42 bits per heavy atom. The summed E-state index contributed by atoms with van der Waals surface area (Å²) in [6.07, 6.45) is -0.734. The number of hydrogen-bond donors (Lipinski definition) is 1. The number of likely N-dealkylation sites (tertiary alicyclic amines) is 1. The molecular weight excluding hydrogens is 487 g/mol. The zero-order chi connectivity index (χ0) is 26.7. The molecule has 0 spiro atoms. The van der Waals surface area contributed by atoms with Crippen LogP contribution in [0.25, 0.3) is 10.9 Å². The van der Waals surface area contributed by atoms with Crippen molar-refractivity contribution < 1.29 is 18.0 Å². The molecule has 1 aliphatic heterocycles. The van der Waals surface area contributed by atoms with Gasteiger partial charge in [-0.05, 0) is 41.7 Å². The summed E-state index contributed by atoms with van der Waals surface area (Å²) in [5, 5.41) is 4.12. The number of fused-ring (bicyclic) bond motifs is 1. The monoisotopic (exact) mass is 519 g/mol. The van der Waals surface area contributed by atoms with E-state index in [1.165, 1.54) is 17.7 Å². The number of nitrogens with one attached hydrogen (secondary N) is 1. The summed E-state index contributed by atoms with van der Waals surface area (Å²) < 4.78 is 42.6. The van der Waals surface area contributed by atoms with Gasteiger partial charge in [-0.15, -0.1) is 0 Å². The van der Waals surface area contributed by atoms with Crippen molar-refractivity contribution in [3.05, 3.63) is 107 Å². The van der Waals surface area contributed by atoms with Gasteiger partial charge in [0.05, 0.1) is 5.56 Å². The first-order chi connectivity index (χ1) is 18.3. The molecule has 0 saturated carbocycles. The Morgan fingerprint density at radius 1 is 0.974 bits per heavy atom. The van der Waals surface area contributed by atoms with E-state index < -0.39 is 17.7 Å². The van der Waals surface area contributed by atoms with E-state index in [1.54, 1.807) is 6.07 Å². The van der Waals surface area contributed by atoms with Crippen LogP contribution in [-0.4, -0.2) is 34.5 Å². The number of alkyl halides is 3. The van der Waals surface area contributed by atoms with Crippen LogP contribution in [0, 0.1) is 0 Å².